The number of halogens is 1. The first-order valence-corrected chi connectivity index (χ1v) is 8.04. The summed E-state index contributed by atoms with van der Waals surface area (Å²) >= 11 is 6.12. The minimum Gasteiger partial charge on any atom is -0.348 e. The zero-order chi connectivity index (χ0) is 16.1. The molecule has 0 aliphatic heterocycles. The van der Waals surface area contributed by atoms with Gasteiger partial charge in [0, 0.05) is 24.3 Å². The highest BCUT2D eigenvalue weighted by Crippen LogP contribution is 2.19. The Balaban J connectivity index is 1.86. The molecule has 3 aromatic rings. The molecule has 0 atom stereocenters. The third-order valence-corrected chi connectivity index (χ3v) is 3.96. The van der Waals surface area contributed by atoms with Crippen LogP contribution >= 0.6 is 11.6 Å². The van der Waals surface area contributed by atoms with Crippen LogP contribution in [0.15, 0.2) is 72.9 Å². The third kappa shape index (κ3) is 4.33. The van der Waals surface area contributed by atoms with E-state index in [9.17, 15) is 0 Å². The quantitative estimate of drug-likeness (QED) is 0.637. The van der Waals surface area contributed by atoms with Crippen molar-refractivity contribution < 1.29 is 0 Å². The second-order valence-electron chi connectivity index (χ2n) is 5.66. The topological polar surface area (TPSA) is 16.1 Å². The second-order valence-corrected chi connectivity index (χ2v) is 6.10. The third-order valence-electron chi connectivity index (χ3n) is 3.73. The van der Waals surface area contributed by atoms with Gasteiger partial charge in [0.25, 0.3) is 0 Å². The van der Waals surface area contributed by atoms with E-state index in [4.69, 9.17) is 11.6 Å². The largest absolute Gasteiger partial charge is 0.348 e. The molecule has 1 heterocycles. The van der Waals surface area contributed by atoms with Gasteiger partial charge in [0.1, 0.15) is 5.82 Å². The van der Waals surface area contributed by atoms with Crippen LogP contribution in [0.25, 0.3) is 0 Å². The average molecular weight is 323 g/mol. The fourth-order valence-corrected chi connectivity index (χ4v) is 2.74. The molecule has 0 saturated carbocycles. The van der Waals surface area contributed by atoms with E-state index >= 15 is 0 Å². The zero-order valence-corrected chi connectivity index (χ0v) is 13.9. The van der Waals surface area contributed by atoms with Crippen LogP contribution in [0.5, 0.6) is 0 Å². The fraction of sp³-hybridized carbons (Fsp3) is 0.150. The molecular weight excluding hydrogens is 304 g/mol. The van der Waals surface area contributed by atoms with Gasteiger partial charge in [-0.1, -0.05) is 59.6 Å². The summed E-state index contributed by atoms with van der Waals surface area (Å²) in [5, 5.41) is 0.763. The van der Waals surface area contributed by atoms with Crippen LogP contribution in [0.3, 0.4) is 0 Å². The number of anilines is 1. The van der Waals surface area contributed by atoms with Gasteiger partial charge in [-0.2, -0.15) is 0 Å². The van der Waals surface area contributed by atoms with Crippen LogP contribution in [0, 0.1) is 6.92 Å². The first-order valence-electron chi connectivity index (χ1n) is 7.67. The Morgan fingerprint density at radius 3 is 2.35 bits per heavy atom. The van der Waals surface area contributed by atoms with Crippen molar-refractivity contribution in [2.75, 3.05) is 4.90 Å². The van der Waals surface area contributed by atoms with Gasteiger partial charge in [0.2, 0.25) is 0 Å². The minimum absolute atomic E-state index is 0.763. The van der Waals surface area contributed by atoms with Gasteiger partial charge < -0.3 is 4.90 Å². The molecule has 3 rings (SSSR count). The molecule has 0 aliphatic carbocycles. The Labute approximate surface area is 142 Å². The maximum atomic E-state index is 6.12. The van der Waals surface area contributed by atoms with E-state index in [0.717, 1.165) is 23.9 Å². The first kappa shape index (κ1) is 15.6. The minimum atomic E-state index is 0.763. The highest BCUT2D eigenvalue weighted by molar-refractivity contribution is 6.30. The number of benzene rings is 2. The van der Waals surface area contributed by atoms with E-state index in [1.807, 2.05) is 42.6 Å². The monoisotopic (exact) mass is 322 g/mol. The van der Waals surface area contributed by atoms with Crippen LogP contribution in [-0.2, 0) is 13.1 Å². The maximum Gasteiger partial charge on any atom is 0.129 e. The molecule has 2 nitrogen and oxygen atoms in total. The Kier molecular flexibility index (Phi) is 4.94. The van der Waals surface area contributed by atoms with Crippen molar-refractivity contribution in [1.29, 1.82) is 0 Å². The molecule has 116 valence electrons. The molecule has 0 radical (unpaired) electrons. The smallest absolute Gasteiger partial charge is 0.129 e. The van der Waals surface area contributed by atoms with Crippen molar-refractivity contribution in [2.45, 2.75) is 20.0 Å². The molecule has 2 aromatic carbocycles. The maximum absolute atomic E-state index is 6.12. The van der Waals surface area contributed by atoms with Gasteiger partial charge in [-0.05, 0) is 42.3 Å². The molecule has 0 spiro atoms. The summed E-state index contributed by atoms with van der Waals surface area (Å²) in [5.41, 5.74) is 3.71. The Morgan fingerprint density at radius 1 is 0.870 bits per heavy atom. The van der Waals surface area contributed by atoms with Crippen LogP contribution in [-0.4, -0.2) is 4.98 Å². The van der Waals surface area contributed by atoms with Gasteiger partial charge in [-0.3, -0.25) is 0 Å². The Bertz CT molecular complexity index is 754. The lowest BCUT2D eigenvalue weighted by atomic mass is 10.1. The summed E-state index contributed by atoms with van der Waals surface area (Å²) in [6.45, 7) is 3.68. The molecule has 0 aliphatic rings. The lowest BCUT2D eigenvalue weighted by Gasteiger charge is -2.24. The van der Waals surface area contributed by atoms with Crippen molar-refractivity contribution in [3.05, 3.63) is 94.6 Å². The number of rotatable bonds is 5. The van der Waals surface area contributed by atoms with Crippen molar-refractivity contribution in [1.82, 2.24) is 4.98 Å². The van der Waals surface area contributed by atoms with Gasteiger partial charge in [0.05, 0.1) is 0 Å². The molecule has 23 heavy (non-hydrogen) atoms. The Hall–Kier alpha value is -2.32. The standard InChI is InChI=1S/C20H19ClN2/c1-16-8-10-17(11-9-16)14-23(20-7-2-3-12-22-20)15-18-5-4-6-19(21)13-18/h2-13H,14-15H2,1H3. The summed E-state index contributed by atoms with van der Waals surface area (Å²) < 4.78 is 0. The number of aromatic nitrogens is 1. The average Bonchev–Trinajstić information content (AvgIpc) is 2.57. The fourth-order valence-electron chi connectivity index (χ4n) is 2.53. The molecule has 1 aromatic heterocycles. The second kappa shape index (κ2) is 7.30. The molecule has 0 saturated heterocycles. The molecule has 0 N–H and O–H groups in total. The summed E-state index contributed by atoms with van der Waals surface area (Å²) in [6.07, 6.45) is 1.83. The van der Waals surface area contributed by atoms with Crippen LogP contribution in [0.4, 0.5) is 5.82 Å². The number of hydrogen-bond acceptors (Lipinski definition) is 2. The molecule has 0 amide bonds. The number of pyridine rings is 1. The van der Waals surface area contributed by atoms with Gasteiger partial charge >= 0.3 is 0 Å². The Morgan fingerprint density at radius 2 is 1.65 bits per heavy atom. The van der Waals surface area contributed by atoms with Crippen molar-refractivity contribution in [3.63, 3.8) is 0 Å². The summed E-state index contributed by atoms with van der Waals surface area (Å²) in [7, 11) is 0. The SMILES string of the molecule is Cc1ccc(CN(Cc2cccc(Cl)c2)c2ccccn2)cc1. The zero-order valence-electron chi connectivity index (χ0n) is 13.1. The van der Waals surface area contributed by atoms with E-state index in [0.29, 0.717) is 0 Å². The molecule has 0 unspecified atom stereocenters. The van der Waals surface area contributed by atoms with E-state index in [2.05, 4.69) is 47.1 Å². The normalized spacial score (nSPS) is 10.5. The molecule has 3 heteroatoms. The van der Waals surface area contributed by atoms with E-state index in [1.54, 1.807) is 0 Å². The van der Waals surface area contributed by atoms with Crippen LogP contribution in [0.1, 0.15) is 16.7 Å². The lowest BCUT2D eigenvalue weighted by Crippen LogP contribution is -2.23. The predicted octanol–water partition coefficient (Wildman–Crippen LogP) is 5.25. The van der Waals surface area contributed by atoms with Crippen LogP contribution in [0.2, 0.25) is 5.02 Å². The molecule has 0 bridgehead atoms. The molecular formula is C20H19ClN2. The van der Waals surface area contributed by atoms with E-state index in [1.165, 1.54) is 16.7 Å². The van der Waals surface area contributed by atoms with E-state index < -0.39 is 0 Å². The van der Waals surface area contributed by atoms with Crippen LogP contribution < -0.4 is 4.90 Å². The van der Waals surface area contributed by atoms with Gasteiger partial charge in [-0.25, -0.2) is 4.98 Å². The van der Waals surface area contributed by atoms with E-state index in [-0.39, 0.29) is 0 Å². The summed E-state index contributed by atoms with van der Waals surface area (Å²) in [4.78, 5) is 6.76. The molecule has 0 fully saturated rings. The summed E-state index contributed by atoms with van der Waals surface area (Å²) in [5.74, 6) is 0.966. The lowest BCUT2D eigenvalue weighted by molar-refractivity contribution is 0.783. The van der Waals surface area contributed by atoms with Crippen molar-refractivity contribution in [3.8, 4) is 0 Å². The number of aryl methyl sites for hydroxylation is 1. The number of hydrogen-bond donors (Lipinski definition) is 0. The van der Waals surface area contributed by atoms with Crippen molar-refractivity contribution >= 4 is 17.4 Å². The number of nitrogens with zero attached hydrogens (tertiary/aromatic N) is 2. The highest BCUT2D eigenvalue weighted by atomic mass is 35.5. The first-order chi connectivity index (χ1) is 11.2. The van der Waals surface area contributed by atoms with Gasteiger partial charge in [0.15, 0.2) is 0 Å². The highest BCUT2D eigenvalue weighted by Gasteiger charge is 2.10. The summed E-state index contributed by atoms with van der Waals surface area (Å²) in [6, 6.07) is 22.6. The van der Waals surface area contributed by atoms with Gasteiger partial charge in [-0.15, -0.1) is 0 Å². The predicted molar refractivity (Wildman–Crippen MR) is 96.8 cm³/mol. The van der Waals surface area contributed by atoms with Crippen molar-refractivity contribution in [2.24, 2.45) is 0 Å².